The van der Waals surface area contributed by atoms with Crippen LogP contribution in [0.3, 0.4) is 0 Å². The van der Waals surface area contributed by atoms with Crippen molar-refractivity contribution in [1.82, 2.24) is 41.7 Å². The van der Waals surface area contributed by atoms with E-state index in [0.29, 0.717) is 0 Å². The van der Waals surface area contributed by atoms with Crippen molar-refractivity contribution in [2.24, 2.45) is 0 Å². The van der Waals surface area contributed by atoms with Crippen LogP contribution in [0.15, 0.2) is 60.7 Å². The summed E-state index contributed by atoms with van der Waals surface area (Å²) < 4.78 is -1.26. The third kappa shape index (κ3) is 11.2. The molecule has 0 spiro atoms. The molecule has 2 aliphatic rings. The smallest absolute Gasteiger partial charge is 0.247 e. The zero-order valence-electron chi connectivity index (χ0n) is 32.2. The Hall–Kier alpha value is -4.12. The first-order valence-electron chi connectivity index (χ1n) is 17.9. The standard InChI is InChI=1S/C38H54N8O6S2/c1-37(2)29(43-33(53-37)27(35(51)45(5)6)41-25(47)21-23-15-11-9-12-16-23)31(49)39-19-20-40-32(50)30-38(3,4)54-34(44-30)28(36(52)46(7)8)42-26(48)22-24-17-13-10-14-18-24/h9-18,27-30,33-34,43-44H,19-22H2,1-8H3,(H,39,49)(H,40,50)(H,41,47)(H,42,48)/t27-,28-,29-,30-,33+,34+/m0/s1. The fourth-order valence-electron chi connectivity index (χ4n) is 6.38. The van der Waals surface area contributed by atoms with Crippen molar-refractivity contribution in [1.29, 1.82) is 0 Å². The molecule has 2 fully saturated rings. The van der Waals surface area contributed by atoms with E-state index < -0.39 is 44.4 Å². The van der Waals surface area contributed by atoms with Crippen LogP contribution in [-0.2, 0) is 41.6 Å². The van der Waals surface area contributed by atoms with Gasteiger partial charge in [0.05, 0.1) is 23.6 Å². The van der Waals surface area contributed by atoms with Gasteiger partial charge in [-0.05, 0) is 38.8 Å². The quantitative estimate of drug-likeness (QED) is 0.139. The summed E-state index contributed by atoms with van der Waals surface area (Å²) in [5, 5.41) is 17.0. The number of amides is 6. The highest BCUT2D eigenvalue weighted by molar-refractivity contribution is 8.01. The predicted octanol–water partition coefficient (Wildman–Crippen LogP) is 0.470. The van der Waals surface area contributed by atoms with E-state index in [0.717, 1.165) is 11.1 Å². The van der Waals surface area contributed by atoms with E-state index in [4.69, 9.17) is 0 Å². The van der Waals surface area contributed by atoms with Crippen molar-refractivity contribution in [2.75, 3.05) is 41.3 Å². The zero-order chi connectivity index (χ0) is 39.8. The molecule has 2 aromatic rings. The molecule has 294 valence electrons. The number of carbonyl (C=O) groups excluding carboxylic acids is 6. The van der Waals surface area contributed by atoms with E-state index in [2.05, 4.69) is 31.9 Å². The minimum Gasteiger partial charge on any atom is -0.353 e. The number of benzene rings is 2. The highest BCUT2D eigenvalue weighted by Gasteiger charge is 2.51. The van der Waals surface area contributed by atoms with Gasteiger partial charge in [0, 0.05) is 50.8 Å². The number of hydrogen-bond acceptors (Lipinski definition) is 10. The number of hydrogen-bond donors (Lipinski definition) is 6. The van der Waals surface area contributed by atoms with Crippen molar-refractivity contribution in [2.45, 2.75) is 84.9 Å². The average Bonchev–Trinajstić information content (AvgIpc) is 3.61. The molecule has 2 heterocycles. The summed E-state index contributed by atoms with van der Waals surface area (Å²) in [4.78, 5) is 82.2. The summed E-state index contributed by atoms with van der Waals surface area (Å²) in [6.07, 6.45) is 0.225. The van der Waals surface area contributed by atoms with Gasteiger partial charge < -0.3 is 31.1 Å². The van der Waals surface area contributed by atoms with Crippen LogP contribution in [0.5, 0.6) is 0 Å². The number of likely N-dealkylation sites (N-methyl/N-ethyl adjacent to an activating group) is 2. The molecule has 54 heavy (non-hydrogen) atoms. The molecule has 0 radical (unpaired) electrons. The lowest BCUT2D eigenvalue weighted by Gasteiger charge is -2.27. The summed E-state index contributed by atoms with van der Waals surface area (Å²) in [5.74, 6) is -1.80. The molecular formula is C38H54N8O6S2. The summed E-state index contributed by atoms with van der Waals surface area (Å²) in [6.45, 7) is 7.89. The molecule has 2 saturated heterocycles. The molecule has 2 aliphatic heterocycles. The van der Waals surface area contributed by atoms with Crippen LogP contribution in [0.25, 0.3) is 0 Å². The van der Waals surface area contributed by atoms with E-state index >= 15 is 0 Å². The van der Waals surface area contributed by atoms with E-state index in [1.165, 1.54) is 33.3 Å². The molecule has 4 rings (SSSR count). The Morgan fingerprint density at radius 3 is 1.26 bits per heavy atom. The van der Waals surface area contributed by atoms with Gasteiger partial charge in [0.2, 0.25) is 35.4 Å². The number of thioether (sulfide) groups is 2. The number of carbonyl (C=O) groups is 6. The minimum atomic E-state index is -0.911. The van der Waals surface area contributed by atoms with Gasteiger partial charge in [-0.3, -0.25) is 39.4 Å². The Kier molecular flexibility index (Phi) is 14.6. The van der Waals surface area contributed by atoms with Gasteiger partial charge in [0.15, 0.2) is 0 Å². The third-order valence-corrected chi connectivity index (χ3v) is 12.2. The van der Waals surface area contributed by atoms with Gasteiger partial charge in [0.1, 0.15) is 24.2 Å². The molecule has 0 aliphatic carbocycles. The van der Waals surface area contributed by atoms with Crippen LogP contribution < -0.4 is 31.9 Å². The van der Waals surface area contributed by atoms with Crippen LogP contribution in [0, 0.1) is 0 Å². The van der Waals surface area contributed by atoms with Crippen LogP contribution in [0.2, 0.25) is 0 Å². The highest BCUT2D eigenvalue weighted by atomic mass is 32.2. The Morgan fingerprint density at radius 1 is 0.611 bits per heavy atom. The maximum absolute atomic E-state index is 13.5. The minimum absolute atomic E-state index is 0.113. The SMILES string of the molecule is CN(C)C(=O)[C@@H](NC(=O)Cc1ccccc1)[C@@H]1N[C@@H](C(=O)NCCNC(=O)[C@@H]2N[C@@H]([C@H](NC(=O)Cc3ccccc3)C(=O)N(C)C)SC2(C)C)C(C)(C)S1. The van der Waals surface area contributed by atoms with E-state index in [-0.39, 0.29) is 61.4 Å². The van der Waals surface area contributed by atoms with Gasteiger partial charge >= 0.3 is 0 Å². The van der Waals surface area contributed by atoms with E-state index in [1.807, 2.05) is 88.4 Å². The Morgan fingerprint density at radius 2 is 0.944 bits per heavy atom. The van der Waals surface area contributed by atoms with Crippen LogP contribution in [0.1, 0.15) is 38.8 Å². The molecule has 14 nitrogen and oxygen atoms in total. The van der Waals surface area contributed by atoms with E-state index in [1.54, 1.807) is 28.2 Å². The fourth-order valence-corrected chi connectivity index (χ4v) is 9.36. The van der Waals surface area contributed by atoms with Gasteiger partial charge in [-0.15, -0.1) is 23.5 Å². The maximum Gasteiger partial charge on any atom is 0.247 e. The summed E-state index contributed by atoms with van der Waals surface area (Å²) in [5.41, 5.74) is 1.64. The molecule has 0 bridgehead atoms. The molecule has 6 N–H and O–H groups in total. The zero-order valence-corrected chi connectivity index (χ0v) is 33.9. The average molecular weight is 783 g/mol. The highest BCUT2D eigenvalue weighted by Crippen LogP contribution is 2.40. The molecule has 0 saturated carbocycles. The Bertz CT molecular complexity index is 1540. The Labute approximate surface area is 326 Å². The monoisotopic (exact) mass is 782 g/mol. The lowest BCUT2D eigenvalue weighted by Crippen LogP contribution is -2.58. The molecule has 0 unspecified atom stereocenters. The molecule has 6 atom stereocenters. The van der Waals surface area contributed by atoms with Crippen molar-refractivity contribution in [3.8, 4) is 0 Å². The normalized spacial score (nSPS) is 22.3. The summed E-state index contributed by atoms with van der Waals surface area (Å²) in [6, 6.07) is 15.3. The first-order valence-corrected chi connectivity index (χ1v) is 19.7. The number of rotatable bonds is 15. The third-order valence-electron chi connectivity index (χ3n) is 9.23. The second-order valence-corrected chi connectivity index (χ2v) is 18.5. The second-order valence-electron chi connectivity index (χ2n) is 14.9. The van der Waals surface area contributed by atoms with Gasteiger partial charge in [-0.25, -0.2) is 0 Å². The van der Waals surface area contributed by atoms with Crippen molar-refractivity contribution < 1.29 is 28.8 Å². The fraction of sp³-hybridized carbons (Fsp3) is 0.526. The second kappa shape index (κ2) is 18.5. The summed E-state index contributed by atoms with van der Waals surface area (Å²) in [7, 11) is 6.48. The predicted molar refractivity (Wildman–Crippen MR) is 212 cm³/mol. The van der Waals surface area contributed by atoms with Crippen LogP contribution in [-0.4, -0.2) is 131 Å². The van der Waals surface area contributed by atoms with Crippen molar-refractivity contribution >= 4 is 59.0 Å². The first kappa shape index (κ1) is 42.6. The van der Waals surface area contributed by atoms with Crippen molar-refractivity contribution in [3.05, 3.63) is 71.8 Å². The summed E-state index contributed by atoms with van der Waals surface area (Å²) >= 11 is 2.82. The van der Waals surface area contributed by atoms with E-state index in [9.17, 15) is 28.8 Å². The molecule has 0 aromatic heterocycles. The largest absolute Gasteiger partial charge is 0.353 e. The molecular weight excluding hydrogens is 729 g/mol. The van der Waals surface area contributed by atoms with Gasteiger partial charge in [-0.1, -0.05) is 60.7 Å². The molecule has 16 heteroatoms. The number of nitrogens with zero attached hydrogens (tertiary/aromatic N) is 2. The van der Waals surface area contributed by atoms with Crippen LogP contribution in [0.4, 0.5) is 0 Å². The lowest BCUT2D eigenvalue weighted by atomic mass is 10.0. The number of nitrogens with one attached hydrogen (secondary N) is 6. The molecule has 6 amide bonds. The first-order chi connectivity index (χ1) is 25.4. The molecule has 2 aromatic carbocycles. The van der Waals surface area contributed by atoms with Gasteiger partial charge in [0.25, 0.3) is 0 Å². The topological polar surface area (TPSA) is 181 Å². The lowest BCUT2D eigenvalue weighted by molar-refractivity contribution is -0.134. The van der Waals surface area contributed by atoms with Crippen molar-refractivity contribution in [3.63, 3.8) is 0 Å². The Balaban J connectivity index is 1.31. The maximum atomic E-state index is 13.5. The van der Waals surface area contributed by atoms with Crippen LogP contribution >= 0.6 is 23.5 Å². The van der Waals surface area contributed by atoms with Gasteiger partial charge in [-0.2, -0.15) is 0 Å².